The smallest absolute Gasteiger partial charge is 0.239 e. The van der Waals surface area contributed by atoms with Crippen molar-refractivity contribution in [1.29, 1.82) is 0 Å². The Labute approximate surface area is 119 Å². The van der Waals surface area contributed by atoms with Crippen LogP contribution in [0.5, 0.6) is 0 Å². The lowest BCUT2D eigenvalue weighted by molar-refractivity contribution is -0.119. The van der Waals surface area contributed by atoms with E-state index >= 15 is 0 Å². The summed E-state index contributed by atoms with van der Waals surface area (Å²) in [5, 5.41) is 5.37. The van der Waals surface area contributed by atoms with E-state index in [-0.39, 0.29) is 22.6 Å². The number of carbonyl (C=O) groups excluding carboxylic acids is 1. The van der Waals surface area contributed by atoms with Crippen molar-refractivity contribution in [3.63, 3.8) is 0 Å². The van der Waals surface area contributed by atoms with Gasteiger partial charge in [0.05, 0.1) is 12.2 Å². The molecule has 0 aliphatic carbocycles. The summed E-state index contributed by atoms with van der Waals surface area (Å²) in [4.78, 5) is 11.5. The van der Waals surface area contributed by atoms with Crippen LogP contribution < -0.4 is 10.6 Å². The van der Waals surface area contributed by atoms with Gasteiger partial charge in [-0.2, -0.15) is 0 Å². The maximum Gasteiger partial charge on any atom is 0.239 e. The molecule has 0 aromatic heterocycles. The SMILES string of the molecule is CC(C)CCNC(=O)CNc1c(F)cc(F)cc1Br. The summed E-state index contributed by atoms with van der Waals surface area (Å²) in [7, 11) is 0. The second-order valence-electron chi connectivity index (χ2n) is 4.63. The van der Waals surface area contributed by atoms with Crippen molar-refractivity contribution in [2.24, 2.45) is 5.92 Å². The lowest BCUT2D eigenvalue weighted by atomic mass is 10.1. The first-order valence-corrected chi connectivity index (χ1v) is 6.84. The Kier molecular flexibility index (Phi) is 6.21. The van der Waals surface area contributed by atoms with Crippen LogP contribution in [0.25, 0.3) is 0 Å². The molecule has 0 fully saturated rings. The molecule has 0 bridgehead atoms. The number of anilines is 1. The largest absolute Gasteiger partial charge is 0.373 e. The number of hydrogen-bond acceptors (Lipinski definition) is 2. The van der Waals surface area contributed by atoms with E-state index in [2.05, 4.69) is 40.4 Å². The first-order chi connectivity index (χ1) is 8.90. The Morgan fingerprint density at radius 2 is 2.05 bits per heavy atom. The molecule has 2 N–H and O–H groups in total. The minimum absolute atomic E-state index is 0.0563. The van der Waals surface area contributed by atoms with E-state index in [0.29, 0.717) is 12.5 Å². The van der Waals surface area contributed by atoms with Gasteiger partial charge < -0.3 is 10.6 Å². The zero-order chi connectivity index (χ0) is 14.4. The summed E-state index contributed by atoms with van der Waals surface area (Å²) >= 11 is 3.05. The summed E-state index contributed by atoms with van der Waals surface area (Å²) in [5.41, 5.74) is 0.0837. The van der Waals surface area contributed by atoms with Gasteiger partial charge in [-0.05, 0) is 34.3 Å². The number of nitrogens with one attached hydrogen (secondary N) is 2. The number of benzene rings is 1. The van der Waals surface area contributed by atoms with Gasteiger partial charge in [0.1, 0.15) is 11.6 Å². The third-order valence-corrected chi connectivity index (χ3v) is 3.10. The summed E-state index contributed by atoms with van der Waals surface area (Å²) in [5.74, 6) is -1.12. The lowest BCUT2D eigenvalue weighted by Gasteiger charge is -2.11. The van der Waals surface area contributed by atoms with Gasteiger partial charge in [0.15, 0.2) is 0 Å². The molecule has 0 atom stereocenters. The van der Waals surface area contributed by atoms with E-state index in [1.807, 2.05) is 0 Å². The van der Waals surface area contributed by atoms with Gasteiger partial charge in [-0.15, -0.1) is 0 Å². The van der Waals surface area contributed by atoms with Gasteiger partial charge in [0.25, 0.3) is 0 Å². The van der Waals surface area contributed by atoms with Crippen molar-refractivity contribution < 1.29 is 13.6 Å². The van der Waals surface area contributed by atoms with Gasteiger partial charge >= 0.3 is 0 Å². The molecule has 0 aliphatic rings. The van der Waals surface area contributed by atoms with Crippen LogP contribution in [0.15, 0.2) is 16.6 Å². The van der Waals surface area contributed by atoms with Crippen molar-refractivity contribution in [3.05, 3.63) is 28.2 Å². The highest BCUT2D eigenvalue weighted by atomic mass is 79.9. The molecular formula is C13H17BrF2N2O. The summed E-state index contributed by atoms with van der Waals surface area (Å²) in [6, 6.07) is 1.91. The number of hydrogen-bond donors (Lipinski definition) is 2. The van der Waals surface area contributed by atoms with Crippen LogP contribution in [0.3, 0.4) is 0 Å². The number of halogens is 3. The van der Waals surface area contributed by atoms with Crippen molar-refractivity contribution >= 4 is 27.5 Å². The van der Waals surface area contributed by atoms with Gasteiger partial charge in [0.2, 0.25) is 5.91 Å². The topological polar surface area (TPSA) is 41.1 Å². The molecule has 0 unspecified atom stereocenters. The first kappa shape index (κ1) is 15.9. The highest BCUT2D eigenvalue weighted by Gasteiger charge is 2.10. The first-order valence-electron chi connectivity index (χ1n) is 6.05. The Balaban J connectivity index is 2.46. The monoisotopic (exact) mass is 334 g/mol. The van der Waals surface area contributed by atoms with E-state index in [9.17, 15) is 13.6 Å². The third kappa shape index (κ3) is 5.55. The van der Waals surface area contributed by atoms with Crippen LogP contribution in [0.1, 0.15) is 20.3 Å². The highest BCUT2D eigenvalue weighted by molar-refractivity contribution is 9.10. The zero-order valence-electron chi connectivity index (χ0n) is 10.9. The molecule has 1 aromatic carbocycles. The molecule has 19 heavy (non-hydrogen) atoms. The number of amides is 1. The molecule has 3 nitrogen and oxygen atoms in total. The normalized spacial score (nSPS) is 10.6. The Bertz CT molecular complexity index is 429. The molecule has 1 amide bonds. The van der Waals surface area contributed by atoms with E-state index in [4.69, 9.17) is 0 Å². The Hall–Kier alpha value is -1.17. The van der Waals surface area contributed by atoms with Crippen molar-refractivity contribution in [1.82, 2.24) is 5.32 Å². The van der Waals surface area contributed by atoms with Gasteiger partial charge in [-0.3, -0.25) is 4.79 Å². The van der Waals surface area contributed by atoms with Gasteiger partial charge in [-0.25, -0.2) is 8.78 Å². The predicted molar refractivity (Wildman–Crippen MR) is 75.0 cm³/mol. The number of rotatable bonds is 6. The molecule has 0 spiro atoms. The molecule has 0 saturated heterocycles. The van der Waals surface area contributed by atoms with Crippen molar-refractivity contribution in [2.75, 3.05) is 18.4 Å². The molecular weight excluding hydrogens is 318 g/mol. The summed E-state index contributed by atoms with van der Waals surface area (Å²) < 4.78 is 26.6. The van der Waals surface area contributed by atoms with Crippen LogP contribution in [0, 0.1) is 17.6 Å². The van der Waals surface area contributed by atoms with Crippen LogP contribution in [0.2, 0.25) is 0 Å². The average molecular weight is 335 g/mol. The Morgan fingerprint density at radius 3 is 2.63 bits per heavy atom. The fraction of sp³-hybridized carbons (Fsp3) is 0.462. The number of carbonyl (C=O) groups is 1. The standard InChI is InChI=1S/C13H17BrF2N2O/c1-8(2)3-4-17-12(19)7-18-13-10(14)5-9(15)6-11(13)16/h5-6,8,18H,3-4,7H2,1-2H3,(H,17,19). The molecule has 0 aliphatic heterocycles. The van der Waals surface area contributed by atoms with E-state index in [0.717, 1.165) is 18.6 Å². The van der Waals surface area contributed by atoms with Gasteiger partial charge in [-0.1, -0.05) is 13.8 Å². The molecule has 1 rings (SSSR count). The zero-order valence-corrected chi connectivity index (χ0v) is 12.5. The van der Waals surface area contributed by atoms with E-state index < -0.39 is 11.6 Å². The fourth-order valence-corrected chi connectivity index (χ4v) is 1.99. The summed E-state index contributed by atoms with van der Waals surface area (Å²) in [6.45, 7) is 4.66. The molecule has 0 saturated carbocycles. The second-order valence-corrected chi connectivity index (χ2v) is 5.48. The third-order valence-electron chi connectivity index (χ3n) is 2.48. The molecule has 1 aromatic rings. The average Bonchev–Trinajstić information content (AvgIpc) is 2.26. The van der Waals surface area contributed by atoms with E-state index in [1.165, 1.54) is 0 Å². The van der Waals surface area contributed by atoms with E-state index in [1.54, 1.807) is 0 Å². The fourth-order valence-electron chi connectivity index (χ4n) is 1.44. The van der Waals surface area contributed by atoms with Crippen molar-refractivity contribution in [2.45, 2.75) is 20.3 Å². The van der Waals surface area contributed by atoms with Crippen LogP contribution in [-0.2, 0) is 4.79 Å². The summed E-state index contributed by atoms with van der Waals surface area (Å²) in [6.07, 6.45) is 0.889. The van der Waals surface area contributed by atoms with Crippen LogP contribution >= 0.6 is 15.9 Å². The minimum Gasteiger partial charge on any atom is -0.373 e. The maximum absolute atomic E-state index is 13.5. The molecule has 6 heteroatoms. The highest BCUT2D eigenvalue weighted by Crippen LogP contribution is 2.26. The van der Waals surface area contributed by atoms with Crippen molar-refractivity contribution in [3.8, 4) is 0 Å². The Morgan fingerprint density at radius 1 is 1.37 bits per heavy atom. The molecule has 0 radical (unpaired) electrons. The quantitative estimate of drug-likeness (QED) is 0.838. The maximum atomic E-state index is 13.5. The predicted octanol–water partition coefficient (Wildman–Crippen LogP) is 3.30. The van der Waals surface area contributed by atoms with Crippen LogP contribution in [0.4, 0.5) is 14.5 Å². The van der Waals surface area contributed by atoms with Gasteiger partial charge in [0, 0.05) is 17.1 Å². The molecule has 0 heterocycles. The lowest BCUT2D eigenvalue weighted by Crippen LogP contribution is -2.31. The molecule has 106 valence electrons. The van der Waals surface area contributed by atoms with Crippen LogP contribution in [-0.4, -0.2) is 19.0 Å². The second kappa shape index (κ2) is 7.43. The minimum atomic E-state index is -0.734.